The molecule has 0 aromatic carbocycles. The molecule has 10 atom stereocenters. The van der Waals surface area contributed by atoms with E-state index in [1.807, 2.05) is 0 Å². The number of ether oxygens (including phenoxy) is 5. The normalized spacial score (nSPS) is 48.0. The summed E-state index contributed by atoms with van der Waals surface area (Å²) in [4.78, 5) is 26.0. The standard InChI is InChI=1S/C29H40O9/c1-17-9-11-28-15-35-26(33)25(32)18(2)10-12-34-20(19(3)30)7-5-6-8-24(31)38-21-14-23(37-22(28)13-17)29(16-36-29)27(21,28)4/h5-8,13,18-23,25,30,32H,9-12,14-16H2,1-4H3/b7-5-,8-6-/t18-,19-,20-,21-,22-,23-,25+,27-,28-,29?/m1/s1. The summed E-state index contributed by atoms with van der Waals surface area (Å²) >= 11 is 0. The second-order valence-electron chi connectivity index (χ2n) is 11.9. The van der Waals surface area contributed by atoms with Gasteiger partial charge < -0.3 is 33.9 Å². The summed E-state index contributed by atoms with van der Waals surface area (Å²) in [6, 6.07) is 0. The Balaban J connectivity index is 1.51. The first-order valence-electron chi connectivity index (χ1n) is 13.7. The number of aliphatic hydroxyl groups is 2. The molecule has 2 saturated heterocycles. The van der Waals surface area contributed by atoms with Gasteiger partial charge in [0.05, 0.1) is 30.3 Å². The Morgan fingerprint density at radius 1 is 1.16 bits per heavy atom. The molecule has 5 rings (SSSR count). The molecule has 3 heterocycles. The molecule has 1 saturated carbocycles. The van der Waals surface area contributed by atoms with Gasteiger partial charge >= 0.3 is 11.9 Å². The van der Waals surface area contributed by atoms with Gasteiger partial charge in [0.2, 0.25) is 0 Å². The molecular formula is C29H40O9. The van der Waals surface area contributed by atoms with Crippen molar-refractivity contribution in [3.63, 3.8) is 0 Å². The minimum atomic E-state index is -1.33. The van der Waals surface area contributed by atoms with E-state index in [1.165, 1.54) is 11.6 Å². The van der Waals surface area contributed by atoms with Crippen molar-refractivity contribution >= 4 is 11.9 Å². The SMILES string of the molecule is CC1=C[C@H]2O[C@@H]3C[C@H]4OC(=O)/C=C\C=C/[C@H]([C@@H](C)O)OCC[C@@H](C)[C@H](O)C(=O)OC[C@@]2(CC1)[C@]4(C)C31CO1. The summed E-state index contributed by atoms with van der Waals surface area (Å²) in [7, 11) is 0. The molecule has 1 unspecified atom stereocenters. The first-order chi connectivity index (χ1) is 18.0. The Bertz CT molecular complexity index is 1030. The molecule has 0 radical (unpaired) electrons. The lowest BCUT2D eigenvalue weighted by molar-refractivity contribution is -0.234. The van der Waals surface area contributed by atoms with Crippen LogP contribution in [0.1, 0.15) is 53.4 Å². The summed E-state index contributed by atoms with van der Waals surface area (Å²) in [6.45, 7) is 8.27. The minimum absolute atomic E-state index is 0.0195. The third-order valence-electron chi connectivity index (χ3n) is 9.73. The van der Waals surface area contributed by atoms with Crippen LogP contribution in [-0.4, -0.2) is 84.2 Å². The van der Waals surface area contributed by atoms with Gasteiger partial charge in [0.25, 0.3) is 0 Å². The highest BCUT2D eigenvalue weighted by Crippen LogP contribution is 2.72. The van der Waals surface area contributed by atoms with Gasteiger partial charge in [0.15, 0.2) is 6.10 Å². The molecule has 2 spiro atoms. The van der Waals surface area contributed by atoms with Crippen LogP contribution in [0.3, 0.4) is 0 Å². The molecule has 0 aromatic rings. The zero-order valence-corrected chi connectivity index (χ0v) is 22.6. The fraction of sp³-hybridized carbons (Fsp3) is 0.724. The average molecular weight is 533 g/mol. The maximum absolute atomic E-state index is 13.1. The lowest BCUT2D eigenvalue weighted by atomic mass is 9.51. The van der Waals surface area contributed by atoms with Crippen LogP contribution >= 0.6 is 0 Å². The maximum atomic E-state index is 13.1. The van der Waals surface area contributed by atoms with Crippen molar-refractivity contribution in [2.45, 2.75) is 95.6 Å². The number of carbonyl (C=O) groups is 2. The molecule has 0 aromatic heterocycles. The van der Waals surface area contributed by atoms with Crippen LogP contribution in [0.5, 0.6) is 0 Å². The number of hydrogen-bond acceptors (Lipinski definition) is 9. The number of aliphatic hydroxyl groups excluding tert-OH is 2. The fourth-order valence-electron chi connectivity index (χ4n) is 7.04. The number of esters is 2. The third kappa shape index (κ3) is 4.36. The molecule has 3 fully saturated rings. The van der Waals surface area contributed by atoms with Crippen LogP contribution in [0.15, 0.2) is 36.0 Å². The molecule has 38 heavy (non-hydrogen) atoms. The predicted molar refractivity (Wildman–Crippen MR) is 136 cm³/mol. The van der Waals surface area contributed by atoms with Crippen molar-refractivity contribution in [1.29, 1.82) is 0 Å². The van der Waals surface area contributed by atoms with Gasteiger partial charge in [-0.15, -0.1) is 0 Å². The zero-order valence-electron chi connectivity index (χ0n) is 22.6. The van der Waals surface area contributed by atoms with E-state index >= 15 is 0 Å². The molecule has 5 aliphatic rings. The molecular weight excluding hydrogens is 492 g/mol. The van der Waals surface area contributed by atoms with E-state index in [-0.39, 0.29) is 25.4 Å². The summed E-state index contributed by atoms with van der Waals surface area (Å²) < 4.78 is 30.4. The Labute approximate surface area is 223 Å². The first kappa shape index (κ1) is 27.5. The van der Waals surface area contributed by atoms with Crippen LogP contribution in [0.25, 0.3) is 0 Å². The maximum Gasteiger partial charge on any atom is 0.335 e. The van der Waals surface area contributed by atoms with Gasteiger partial charge in [-0.3, -0.25) is 0 Å². The van der Waals surface area contributed by atoms with Crippen LogP contribution in [0.2, 0.25) is 0 Å². The van der Waals surface area contributed by atoms with E-state index in [9.17, 15) is 19.8 Å². The van der Waals surface area contributed by atoms with Crippen molar-refractivity contribution in [3.8, 4) is 0 Å². The number of carbonyl (C=O) groups excluding carboxylic acids is 2. The molecule has 2 aliphatic carbocycles. The Morgan fingerprint density at radius 3 is 2.63 bits per heavy atom. The van der Waals surface area contributed by atoms with E-state index in [2.05, 4.69) is 19.9 Å². The van der Waals surface area contributed by atoms with Crippen molar-refractivity contribution in [2.75, 3.05) is 19.8 Å². The predicted octanol–water partition coefficient (Wildman–Crippen LogP) is 2.39. The van der Waals surface area contributed by atoms with Gasteiger partial charge in [0.1, 0.15) is 24.4 Å². The Morgan fingerprint density at radius 2 is 1.92 bits per heavy atom. The third-order valence-corrected chi connectivity index (χ3v) is 9.73. The molecule has 3 aliphatic heterocycles. The van der Waals surface area contributed by atoms with E-state index in [0.717, 1.165) is 6.42 Å². The van der Waals surface area contributed by atoms with Crippen molar-refractivity contribution in [3.05, 3.63) is 36.0 Å². The van der Waals surface area contributed by atoms with Crippen molar-refractivity contribution < 1.29 is 43.5 Å². The zero-order chi connectivity index (χ0) is 27.3. The summed E-state index contributed by atoms with van der Waals surface area (Å²) in [5.41, 5.74) is -0.771. The second-order valence-corrected chi connectivity index (χ2v) is 11.9. The summed E-state index contributed by atoms with van der Waals surface area (Å²) in [5, 5.41) is 20.8. The number of cyclic esters (lactones) is 1. The van der Waals surface area contributed by atoms with Crippen molar-refractivity contribution in [2.24, 2.45) is 16.7 Å². The van der Waals surface area contributed by atoms with Gasteiger partial charge in [-0.25, -0.2) is 9.59 Å². The molecule has 210 valence electrons. The van der Waals surface area contributed by atoms with Gasteiger partial charge in [-0.05, 0) is 39.0 Å². The van der Waals surface area contributed by atoms with E-state index in [4.69, 9.17) is 23.7 Å². The number of rotatable bonds is 1. The van der Waals surface area contributed by atoms with Gasteiger partial charge in [-0.1, -0.05) is 43.7 Å². The van der Waals surface area contributed by atoms with E-state index in [0.29, 0.717) is 25.9 Å². The highest BCUT2D eigenvalue weighted by molar-refractivity contribution is 5.82. The van der Waals surface area contributed by atoms with Crippen LogP contribution < -0.4 is 0 Å². The Kier molecular flexibility index (Phi) is 7.37. The minimum Gasteiger partial charge on any atom is -0.463 e. The van der Waals surface area contributed by atoms with E-state index < -0.39 is 58.7 Å². The topological polar surface area (TPSA) is 124 Å². The number of hydrogen-bond donors (Lipinski definition) is 2. The van der Waals surface area contributed by atoms with Crippen LogP contribution in [0.4, 0.5) is 0 Å². The lowest BCUT2D eigenvalue weighted by Crippen LogP contribution is -2.66. The van der Waals surface area contributed by atoms with E-state index in [1.54, 1.807) is 32.1 Å². The first-order valence-corrected chi connectivity index (χ1v) is 13.7. The number of allylic oxidation sites excluding steroid dienone is 3. The molecule has 9 heteroatoms. The van der Waals surface area contributed by atoms with Gasteiger partial charge in [0, 0.05) is 24.5 Å². The molecule has 2 N–H and O–H groups in total. The second kappa shape index (κ2) is 10.2. The molecule has 0 amide bonds. The average Bonchev–Trinajstić information content (AvgIpc) is 3.65. The smallest absolute Gasteiger partial charge is 0.335 e. The number of epoxide rings is 1. The van der Waals surface area contributed by atoms with Crippen LogP contribution in [0, 0.1) is 16.7 Å². The summed E-state index contributed by atoms with van der Waals surface area (Å²) in [6.07, 6.45) is 6.89. The van der Waals surface area contributed by atoms with Crippen molar-refractivity contribution in [1.82, 2.24) is 0 Å². The highest BCUT2D eigenvalue weighted by atomic mass is 16.6. The van der Waals surface area contributed by atoms with Gasteiger partial charge in [-0.2, -0.15) is 0 Å². The van der Waals surface area contributed by atoms with Crippen LogP contribution in [-0.2, 0) is 33.3 Å². The Hall–Kier alpha value is -2.04. The highest BCUT2D eigenvalue weighted by Gasteiger charge is 2.83. The lowest BCUT2D eigenvalue weighted by Gasteiger charge is -2.58. The quantitative estimate of drug-likeness (QED) is 0.298. The molecule has 9 nitrogen and oxygen atoms in total. The fourth-order valence-corrected chi connectivity index (χ4v) is 7.04. The summed E-state index contributed by atoms with van der Waals surface area (Å²) in [5.74, 6) is -1.60. The largest absolute Gasteiger partial charge is 0.463 e. The monoisotopic (exact) mass is 532 g/mol. The molecule has 2 bridgehead atoms.